The van der Waals surface area contributed by atoms with E-state index in [2.05, 4.69) is 16.0 Å². The van der Waals surface area contributed by atoms with Gasteiger partial charge < -0.3 is 20.7 Å². The average molecular weight is 277 g/mol. The number of carbonyl (C=O) groups is 2. The monoisotopic (exact) mass is 277 g/mol. The number of methoxy groups -OCH3 is 1. The van der Waals surface area contributed by atoms with Crippen molar-refractivity contribution >= 4 is 17.5 Å². The smallest absolute Gasteiger partial charge is 0.239 e. The van der Waals surface area contributed by atoms with E-state index in [1.165, 1.54) is 0 Å². The zero-order chi connectivity index (χ0) is 14.4. The number of nitrogens with one attached hydrogen (secondary N) is 3. The van der Waals surface area contributed by atoms with Crippen molar-refractivity contribution in [1.29, 1.82) is 0 Å². The highest BCUT2D eigenvalue weighted by atomic mass is 16.5. The third-order valence-corrected chi connectivity index (χ3v) is 3.20. The molecule has 108 valence electrons. The van der Waals surface area contributed by atoms with Gasteiger partial charge in [0.2, 0.25) is 11.8 Å². The summed E-state index contributed by atoms with van der Waals surface area (Å²) in [5.41, 5.74) is 1.96. The molecule has 2 amide bonds. The lowest BCUT2D eigenvalue weighted by Crippen LogP contribution is -2.40. The first-order valence-corrected chi connectivity index (χ1v) is 6.58. The summed E-state index contributed by atoms with van der Waals surface area (Å²) < 4.78 is 4.83. The maximum atomic E-state index is 12.1. The van der Waals surface area contributed by atoms with Gasteiger partial charge in [0.15, 0.2) is 0 Å². The summed E-state index contributed by atoms with van der Waals surface area (Å²) in [7, 11) is 1.57. The van der Waals surface area contributed by atoms with Crippen LogP contribution in [0.4, 0.5) is 5.69 Å². The van der Waals surface area contributed by atoms with Crippen molar-refractivity contribution < 1.29 is 14.3 Å². The van der Waals surface area contributed by atoms with E-state index in [-0.39, 0.29) is 24.3 Å². The number of fused-ring (bicyclic) bond motifs is 1. The Morgan fingerprint density at radius 3 is 2.95 bits per heavy atom. The fourth-order valence-corrected chi connectivity index (χ4v) is 2.16. The van der Waals surface area contributed by atoms with Gasteiger partial charge in [-0.05, 0) is 11.6 Å². The molecule has 1 aromatic rings. The van der Waals surface area contributed by atoms with Crippen molar-refractivity contribution in [1.82, 2.24) is 10.6 Å². The minimum atomic E-state index is -0.238. The molecule has 1 heterocycles. The van der Waals surface area contributed by atoms with E-state index in [1.54, 1.807) is 7.11 Å². The van der Waals surface area contributed by atoms with E-state index >= 15 is 0 Å². The number of hydrogen-bond acceptors (Lipinski definition) is 4. The van der Waals surface area contributed by atoms with Crippen LogP contribution in [0, 0.1) is 0 Å². The Labute approximate surface area is 117 Å². The second-order valence-corrected chi connectivity index (χ2v) is 4.58. The molecule has 1 atom stereocenters. The Balaban J connectivity index is 1.80. The van der Waals surface area contributed by atoms with Crippen LogP contribution in [0.25, 0.3) is 0 Å². The van der Waals surface area contributed by atoms with Crippen LogP contribution in [0.1, 0.15) is 11.5 Å². The molecule has 0 saturated heterocycles. The van der Waals surface area contributed by atoms with Gasteiger partial charge in [0.1, 0.15) is 0 Å². The van der Waals surface area contributed by atoms with Gasteiger partial charge in [-0.25, -0.2) is 0 Å². The molecule has 0 aromatic heterocycles. The van der Waals surface area contributed by atoms with E-state index in [4.69, 9.17) is 4.74 Å². The summed E-state index contributed by atoms with van der Waals surface area (Å²) in [5, 5.41) is 8.50. The fraction of sp³-hybridized carbons (Fsp3) is 0.429. The van der Waals surface area contributed by atoms with E-state index in [9.17, 15) is 9.59 Å². The summed E-state index contributed by atoms with van der Waals surface area (Å²) in [6, 6.07) is 7.71. The van der Waals surface area contributed by atoms with Gasteiger partial charge in [-0.1, -0.05) is 18.2 Å². The number of para-hydroxylation sites is 1. The highest BCUT2D eigenvalue weighted by molar-refractivity contribution is 5.91. The van der Waals surface area contributed by atoms with Crippen molar-refractivity contribution in [2.45, 2.75) is 5.92 Å². The Morgan fingerprint density at radius 1 is 1.35 bits per heavy atom. The lowest BCUT2D eigenvalue weighted by Gasteiger charge is -2.11. The second-order valence-electron chi connectivity index (χ2n) is 4.58. The van der Waals surface area contributed by atoms with E-state index in [1.807, 2.05) is 24.3 Å². The minimum absolute atomic E-state index is 0.0127. The van der Waals surface area contributed by atoms with Crippen LogP contribution < -0.4 is 16.0 Å². The molecule has 0 bridgehead atoms. The molecule has 1 aliphatic heterocycles. The van der Waals surface area contributed by atoms with Crippen LogP contribution in [0.15, 0.2) is 24.3 Å². The largest absolute Gasteiger partial charge is 0.384 e. The molecule has 6 nitrogen and oxygen atoms in total. The van der Waals surface area contributed by atoms with Crippen LogP contribution in [-0.2, 0) is 14.3 Å². The predicted octanol–water partition coefficient (Wildman–Crippen LogP) is 0.0745. The molecule has 3 N–H and O–H groups in total. The molecule has 2 rings (SSSR count). The van der Waals surface area contributed by atoms with Crippen LogP contribution in [0.3, 0.4) is 0 Å². The maximum Gasteiger partial charge on any atom is 0.239 e. The minimum Gasteiger partial charge on any atom is -0.384 e. The van der Waals surface area contributed by atoms with Crippen molar-refractivity contribution in [2.24, 2.45) is 0 Å². The quantitative estimate of drug-likeness (QED) is 0.643. The number of carbonyl (C=O) groups excluding carboxylic acids is 2. The first-order valence-electron chi connectivity index (χ1n) is 6.58. The number of benzene rings is 1. The van der Waals surface area contributed by atoms with Crippen LogP contribution in [0.2, 0.25) is 0 Å². The number of ether oxygens (including phenoxy) is 1. The van der Waals surface area contributed by atoms with Crippen molar-refractivity contribution in [3.8, 4) is 0 Å². The standard InChI is InChI=1S/C14H19N3O3/c1-20-7-6-15-13(18)9-17-14(19)11-8-16-12-5-3-2-4-10(11)12/h2-5,11,16H,6-9H2,1H3,(H,15,18)(H,17,19). The summed E-state index contributed by atoms with van der Waals surface area (Å²) in [5.74, 6) is -0.586. The molecule has 1 aromatic carbocycles. The molecule has 6 heteroatoms. The van der Waals surface area contributed by atoms with Gasteiger partial charge >= 0.3 is 0 Å². The topological polar surface area (TPSA) is 79.5 Å². The normalized spacial score (nSPS) is 16.1. The highest BCUT2D eigenvalue weighted by Crippen LogP contribution is 2.30. The summed E-state index contributed by atoms with van der Waals surface area (Å²) >= 11 is 0. The molecular weight excluding hydrogens is 258 g/mol. The fourth-order valence-electron chi connectivity index (χ4n) is 2.16. The molecule has 1 aliphatic rings. The average Bonchev–Trinajstić information content (AvgIpc) is 2.89. The first-order chi connectivity index (χ1) is 9.72. The number of amides is 2. The van der Waals surface area contributed by atoms with Crippen molar-refractivity contribution in [3.63, 3.8) is 0 Å². The molecule has 0 spiro atoms. The van der Waals surface area contributed by atoms with E-state index < -0.39 is 0 Å². The lowest BCUT2D eigenvalue weighted by atomic mass is 10.0. The summed E-state index contributed by atoms with van der Waals surface area (Å²) in [6.45, 7) is 1.45. The van der Waals surface area contributed by atoms with Gasteiger partial charge in [-0.15, -0.1) is 0 Å². The van der Waals surface area contributed by atoms with Gasteiger partial charge in [0, 0.05) is 25.9 Å². The van der Waals surface area contributed by atoms with Crippen LogP contribution >= 0.6 is 0 Å². The van der Waals surface area contributed by atoms with E-state index in [0.717, 1.165) is 11.3 Å². The van der Waals surface area contributed by atoms with E-state index in [0.29, 0.717) is 19.7 Å². The Hall–Kier alpha value is -2.08. The van der Waals surface area contributed by atoms with Crippen LogP contribution in [-0.4, -0.2) is 45.2 Å². The van der Waals surface area contributed by atoms with Gasteiger partial charge in [0.05, 0.1) is 19.1 Å². The molecule has 0 saturated carbocycles. The van der Waals surface area contributed by atoms with Crippen molar-refractivity contribution in [2.75, 3.05) is 38.7 Å². The third kappa shape index (κ3) is 3.48. The molecule has 0 fully saturated rings. The predicted molar refractivity (Wildman–Crippen MR) is 75.6 cm³/mol. The van der Waals surface area contributed by atoms with Gasteiger partial charge in [-0.2, -0.15) is 0 Å². The molecule has 20 heavy (non-hydrogen) atoms. The summed E-state index contributed by atoms with van der Waals surface area (Å²) in [6.07, 6.45) is 0. The van der Waals surface area contributed by atoms with Crippen molar-refractivity contribution in [3.05, 3.63) is 29.8 Å². The first kappa shape index (κ1) is 14.3. The number of rotatable bonds is 6. The summed E-state index contributed by atoms with van der Waals surface area (Å²) in [4.78, 5) is 23.6. The van der Waals surface area contributed by atoms with Crippen LogP contribution in [0.5, 0.6) is 0 Å². The third-order valence-electron chi connectivity index (χ3n) is 3.20. The molecule has 0 aliphatic carbocycles. The highest BCUT2D eigenvalue weighted by Gasteiger charge is 2.27. The number of anilines is 1. The molecule has 0 radical (unpaired) electrons. The zero-order valence-corrected chi connectivity index (χ0v) is 11.4. The zero-order valence-electron chi connectivity index (χ0n) is 11.4. The van der Waals surface area contributed by atoms with Gasteiger partial charge in [0.25, 0.3) is 0 Å². The second kappa shape index (κ2) is 6.91. The maximum absolute atomic E-state index is 12.1. The lowest BCUT2D eigenvalue weighted by molar-refractivity contribution is -0.126. The Morgan fingerprint density at radius 2 is 2.15 bits per heavy atom. The Bertz CT molecular complexity index is 490. The molecular formula is C14H19N3O3. The SMILES string of the molecule is COCCNC(=O)CNC(=O)C1CNc2ccccc21. The molecule has 1 unspecified atom stereocenters. The van der Waals surface area contributed by atoms with Gasteiger partial charge in [-0.3, -0.25) is 9.59 Å². The Kier molecular flexibility index (Phi) is 4.95. The number of hydrogen-bond donors (Lipinski definition) is 3.